The van der Waals surface area contributed by atoms with Gasteiger partial charge in [-0.3, -0.25) is 9.59 Å². The fraction of sp³-hybridized carbons (Fsp3) is 0.167. The summed E-state index contributed by atoms with van der Waals surface area (Å²) in [5.74, 6) is -1.85. The maximum absolute atomic E-state index is 13.7. The first-order chi connectivity index (χ1) is 14.9. The van der Waals surface area contributed by atoms with Gasteiger partial charge in [0.25, 0.3) is 5.56 Å². The summed E-state index contributed by atoms with van der Waals surface area (Å²) < 4.78 is 29.9. The summed E-state index contributed by atoms with van der Waals surface area (Å²) in [5, 5.41) is 3.36. The second-order valence-electron chi connectivity index (χ2n) is 7.50. The molecule has 0 saturated heterocycles. The van der Waals surface area contributed by atoms with Gasteiger partial charge in [0.2, 0.25) is 5.91 Å². The van der Waals surface area contributed by atoms with E-state index in [4.69, 9.17) is 0 Å². The number of halogens is 2. The second-order valence-corrected chi connectivity index (χ2v) is 7.50. The van der Waals surface area contributed by atoms with Crippen molar-refractivity contribution in [2.45, 2.75) is 26.6 Å². The molecule has 1 N–H and O–H groups in total. The van der Waals surface area contributed by atoms with Crippen LogP contribution in [0, 0.1) is 18.6 Å². The van der Waals surface area contributed by atoms with E-state index in [0.717, 1.165) is 28.6 Å². The zero-order valence-corrected chi connectivity index (χ0v) is 16.9. The maximum Gasteiger partial charge on any atom is 0.275 e. The van der Waals surface area contributed by atoms with Gasteiger partial charge in [-0.25, -0.2) is 8.78 Å². The minimum atomic E-state index is -0.729. The van der Waals surface area contributed by atoms with E-state index < -0.39 is 17.5 Å². The molecule has 0 aliphatic heterocycles. The molecule has 31 heavy (non-hydrogen) atoms. The molecule has 2 aromatic heterocycles. The number of rotatable bonds is 6. The number of benzene rings is 2. The summed E-state index contributed by atoms with van der Waals surface area (Å²) in [6, 6.07) is 14.9. The van der Waals surface area contributed by atoms with E-state index in [9.17, 15) is 18.4 Å². The highest BCUT2D eigenvalue weighted by Crippen LogP contribution is 2.15. The number of aromatic nitrogens is 2. The number of hydrogen-bond acceptors (Lipinski definition) is 2. The van der Waals surface area contributed by atoms with Gasteiger partial charge in [0, 0.05) is 42.5 Å². The molecule has 1 amide bonds. The predicted octanol–water partition coefficient (Wildman–Crippen LogP) is 3.75. The molecule has 2 heterocycles. The van der Waals surface area contributed by atoms with Crippen LogP contribution in [0.25, 0.3) is 10.9 Å². The van der Waals surface area contributed by atoms with Crippen LogP contribution in [0.5, 0.6) is 0 Å². The molecule has 0 unspecified atom stereocenters. The summed E-state index contributed by atoms with van der Waals surface area (Å²) in [7, 11) is 0. The van der Waals surface area contributed by atoms with E-state index in [-0.39, 0.29) is 24.2 Å². The quantitative estimate of drug-likeness (QED) is 0.516. The molecule has 2 aromatic carbocycles. The third-order valence-corrected chi connectivity index (χ3v) is 5.13. The highest BCUT2D eigenvalue weighted by atomic mass is 19.1. The first kappa shape index (κ1) is 20.5. The lowest BCUT2D eigenvalue weighted by Crippen LogP contribution is -2.32. The van der Waals surface area contributed by atoms with Gasteiger partial charge in [0.15, 0.2) is 0 Å². The molecule has 0 fully saturated rings. The van der Waals surface area contributed by atoms with Crippen molar-refractivity contribution in [1.82, 2.24) is 14.5 Å². The zero-order valence-electron chi connectivity index (χ0n) is 16.9. The van der Waals surface area contributed by atoms with Crippen molar-refractivity contribution in [2.75, 3.05) is 0 Å². The Morgan fingerprint density at radius 2 is 1.77 bits per heavy atom. The average Bonchev–Trinajstić information content (AvgIpc) is 3.13. The monoisotopic (exact) mass is 421 g/mol. The van der Waals surface area contributed by atoms with Crippen LogP contribution in [0.2, 0.25) is 0 Å². The SMILES string of the molecule is Cc1cccc(Cn2ccc3ccn(CC(=O)NCc4ccc(F)cc4F)c(=O)c32)c1. The Balaban J connectivity index is 1.52. The molecule has 158 valence electrons. The lowest BCUT2D eigenvalue weighted by Gasteiger charge is -2.10. The fourth-order valence-corrected chi connectivity index (χ4v) is 3.58. The number of fused-ring (bicyclic) bond motifs is 1. The molecule has 0 atom stereocenters. The second kappa shape index (κ2) is 8.55. The Kier molecular flexibility index (Phi) is 5.66. The third kappa shape index (κ3) is 4.55. The van der Waals surface area contributed by atoms with Gasteiger partial charge in [-0.05, 0) is 30.7 Å². The Morgan fingerprint density at radius 3 is 2.52 bits per heavy atom. The molecule has 7 heteroatoms. The van der Waals surface area contributed by atoms with Crippen LogP contribution < -0.4 is 10.9 Å². The Labute approximate surface area is 177 Å². The van der Waals surface area contributed by atoms with Crippen LogP contribution in [0.15, 0.2) is 71.8 Å². The summed E-state index contributed by atoms with van der Waals surface area (Å²) in [6.07, 6.45) is 3.43. The van der Waals surface area contributed by atoms with E-state index in [1.54, 1.807) is 12.3 Å². The van der Waals surface area contributed by atoms with Gasteiger partial charge in [-0.2, -0.15) is 0 Å². The van der Waals surface area contributed by atoms with Crippen LogP contribution in [-0.4, -0.2) is 15.0 Å². The van der Waals surface area contributed by atoms with Crippen molar-refractivity contribution in [3.05, 3.63) is 106 Å². The highest BCUT2D eigenvalue weighted by Gasteiger charge is 2.12. The van der Waals surface area contributed by atoms with Gasteiger partial charge in [0.05, 0.1) is 0 Å². The molecule has 0 aliphatic carbocycles. The number of aryl methyl sites for hydroxylation is 1. The van der Waals surface area contributed by atoms with Crippen molar-refractivity contribution in [3.8, 4) is 0 Å². The van der Waals surface area contributed by atoms with Gasteiger partial charge in [-0.15, -0.1) is 0 Å². The van der Waals surface area contributed by atoms with Crippen molar-refractivity contribution in [2.24, 2.45) is 0 Å². The minimum Gasteiger partial charge on any atom is -0.350 e. The summed E-state index contributed by atoms with van der Waals surface area (Å²) in [5.41, 5.74) is 2.62. The molecule has 0 spiro atoms. The van der Waals surface area contributed by atoms with Crippen LogP contribution in [-0.2, 0) is 24.4 Å². The first-order valence-electron chi connectivity index (χ1n) is 9.85. The van der Waals surface area contributed by atoms with Crippen LogP contribution >= 0.6 is 0 Å². The van der Waals surface area contributed by atoms with E-state index in [0.29, 0.717) is 12.1 Å². The number of hydrogen-bond donors (Lipinski definition) is 1. The van der Waals surface area contributed by atoms with Crippen molar-refractivity contribution < 1.29 is 13.6 Å². The molecule has 0 radical (unpaired) electrons. The van der Waals surface area contributed by atoms with Gasteiger partial charge < -0.3 is 14.5 Å². The van der Waals surface area contributed by atoms with Crippen LogP contribution in [0.4, 0.5) is 8.78 Å². The van der Waals surface area contributed by atoms with Gasteiger partial charge in [0.1, 0.15) is 23.7 Å². The molecule has 0 bridgehead atoms. The molecule has 5 nitrogen and oxygen atoms in total. The standard InChI is InChI=1S/C24H21F2N3O2/c1-16-3-2-4-17(11-16)14-28-9-7-18-8-10-29(24(31)23(18)28)15-22(30)27-13-19-5-6-20(25)12-21(19)26/h2-12H,13-15H2,1H3,(H,27,30). The van der Waals surface area contributed by atoms with Gasteiger partial charge >= 0.3 is 0 Å². The lowest BCUT2D eigenvalue weighted by atomic mass is 10.1. The summed E-state index contributed by atoms with van der Waals surface area (Å²) in [4.78, 5) is 25.4. The van der Waals surface area contributed by atoms with Crippen LogP contribution in [0.1, 0.15) is 16.7 Å². The van der Waals surface area contributed by atoms with Gasteiger partial charge in [-0.1, -0.05) is 35.9 Å². The van der Waals surface area contributed by atoms with Crippen molar-refractivity contribution in [1.29, 1.82) is 0 Å². The largest absolute Gasteiger partial charge is 0.350 e. The molecule has 4 rings (SSSR count). The van der Waals surface area contributed by atoms with Crippen molar-refractivity contribution >= 4 is 16.8 Å². The minimum absolute atomic E-state index is 0.0916. The molecule has 0 aliphatic rings. The molecular weight excluding hydrogens is 400 g/mol. The fourth-order valence-electron chi connectivity index (χ4n) is 3.58. The number of carbonyl (C=O) groups is 1. The lowest BCUT2D eigenvalue weighted by molar-refractivity contribution is -0.121. The number of pyridine rings is 1. The summed E-state index contributed by atoms with van der Waals surface area (Å²) in [6.45, 7) is 2.26. The molecular formula is C24H21F2N3O2. The topological polar surface area (TPSA) is 56.0 Å². The highest BCUT2D eigenvalue weighted by molar-refractivity contribution is 5.80. The number of nitrogens with one attached hydrogen (secondary N) is 1. The van der Waals surface area contributed by atoms with E-state index in [1.807, 2.05) is 42.0 Å². The Bertz CT molecular complexity index is 1320. The maximum atomic E-state index is 13.7. The normalized spacial score (nSPS) is 11.1. The number of nitrogens with zero attached hydrogens (tertiary/aromatic N) is 2. The van der Waals surface area contributed by atoms with Crippen LogP contribution in [0.3, 0.4) is 0 Å². The Morgan fingerprint density at radius 1 is 1.00 bits per heavy atom. The van der Waals surface area contributed by atoms with E-state index in [2.05, 4.69) is 11.4 Å². The predicted molar refractivity (Wildman–Crippen MR) is 115 cm³/mol. The Hall–Kier alpha value is -3.74. The molecule has 4 aromatic rings. The third-order valence-electron chi connectivity index (χ3n) is 5.13. The average molecular weight is 421 g/mol. The van der Waals surface area contributed by atoms with E-state index in [1.165, 1.54) is 10.6 Å². The smallest absolute Gasteiger partial charge is 0.275 e. The van der Waals surface area contributed by atoms with Crippen molar-refractivity contribution in [3.63, 3.8) is 0 Å². The zero-order chi connectivity index (χ0) is 22.0. The molecule has 0 saturated carbocycles. The number of amides is 1. The first-order valence-corrected chi connectivity index (χ1v) is 9.85. The number of carbonyl (C=O) groups excluding carboxylic acids is 1. The van der Waals surface area contributed by atoms with E-state index >= 15 is 0 Å². The summed E-state index contributed by atoms with van der Waals surface area (Å²) >= 11 is 0.